The first-order chi connectivity index (χ1) is 11.2. The number of unbranched alkanes of at least 4 members (excludes halogenated alkanes) is 1. The van der Waals surface area contributed by atoms with Gasteiger partial charge in [-0.15, -0.1) is 21.5 Å². The Balaban J connectivity index is 1.41. The van der Waals surface area contributed by atoms with Crippen molar-refractivity contribution < 1.29 is 4.79 Å². The van der Waals surface area contributed by atoms with Crippen LogP contribution in [0.4, 0.5) is 5.13 Å². The predicted octanol–water partition coefficient (Wildman–Crippen LogP) is 4.06. The number of para-hydroxylation sites is 1. The zero-order valence-corrected chi connectivity index (χ0v) is 14.5. The van der Waals surface area contributed by atoms with Gasteiger partial charge >= 0.3 is 0 Å². The van der Waals surface area contributed by atoms with Crippen molar-refractivity contribution in [3.05, 3.63) is 34.3 Å². The van der Waals surface area contributed by atoms with E-state index < -0.39 is 0 Å². The van der Waals surface area contributed by atoms with Crippen LogP contribution in [0.1, 0.15) is 36.2 Å². The van der Waals surface area contributed by atoms with Crippen LogP contribution in [0.3, 0.4) is 0 Å². The third-order valence-electron chi connectivity index (χ3n) is 3.40. The number of carbonyl (C=O) groups excluding carboxylic acids is 1. The monoisotopic (exact) mass is 346 g/mol. The molecule has 0 atom stereocenters. The van der Waals surface area contributed by atoms with Crippen molar-refractivity contribution in [1.82, 2.24) is 15.2 Å². The standard InChI is InChI=1S/C16H18N4OS2/c1-2-14-19-20-16(23-14)18-13(21)9-5-6-10-15-17-11-7-3-4-8-12(11)22-15/h3-4,7-8H,2,5-6,9-10H2,1H3,(H,18,20,21). The number of anilines is 1. The van der Waals surface area contributed by atoms with E-state index in [0.717, 1.165) is 41.2 Å². The highest BCUT2D eigenvalue weighted by atomic mass is 32.1. The number of fused-ring (bicyclic) bond motifs is 1. The number of rotatable bonds is 7. The first-order valence-electron chi connectivity index (χ1n) is 7.71. The summed E-state index contributed by atoms with van der Waals surface area (Å²) in [6.45, 7) is 2.02. The summed E-state index contributed by atoms with van der Waals surface area (Å²) in [7, 11) is 0. The Morgan fingerprint density at radius 1 is 1.13 bits per heavy atom. The van der Waals surface area contributed by atoms with E-state index in [2.05, 4.69) is 26.6 Å². The Hall–Kier alpha value is -1.86. The van der Waals surface area contributed by atoms with Gasteiger partial charge in [0.2, 0.25) is 11.0 Å². The quantitative estimate of drug-likeness (QED) is 0.655. The van der Waals surface area contributed by atoms with Crippen LogP contribution in [0.5, 0.6) is 0 Å². The average molecular weight is 346 g/mol. The summed E-state index contributed by atoms with van der Waals surface area (Å²) in [6.07, 6.45) is 4.08. The number of amides is 1. The van der Waals surface area contributed by atoms with Crippen LogP contribution in [0.25, 0.3) is 10.2 Å². The van der Waals surface area contributed by atoms with Crippen LogP contribution in [0, 0.1) is 0 Å². The van der Waals surface area contributed by atoms with E-state index in [0.29, 0.717) is 11.6 Å². The summed E-state index contributed by atoms with van der Waals surface area (Å²) >= 11 is 3.17. The maximum Gasteiger partial charge on any atom is 0.226 e. The van der Waals surface area contributed by atoms with Gasteiger partial charge in [0.05, 0.1) is 15.2 Å². The Kier molecular flexibility index (Phi) is 5.30. The van der Waals surface area contributed by atoms with Crippen molar-refractivity contribution >= 4 is 43.9 Å². The SMILES string of the molecule is CCc1nnc(NC(=O)CCCCc2nc3ccccc3s2)s1. The van der Waals surface area contributed by atoms with E-state index in [-0.39, 0.29) is 5.91 Å². The minimum atomic E-state index is 0.00750. The lowest BCUT2D eigenvalue weighted by Crippen LogP contribution is -2.10. The molecule has 0 radical (unpaired) electrons. The Labute approximate surface area is 142 Å². The van der Waals surface area contributed by atoms with E-state index in [9.17, 15) is 4.79 Å². The van der Waals surface area contributed by atoms with Gasteiger partial charge in [0.1, 0.15) is 5.01 Å². The van der Waals surface area contributed by atoms with Gasteiger partial charge in [0.15, 0.2) is 0 Å². The molecule has 0 aliphatic heterocycles. The fourth-order valence-corrected chi connectivity index (χ4v) is 3.92. The number of thiazole rings is 1. The van der Waals surface area contributed by atoms with E-state index >= 15 is 0 Å². The second kappa shape index (κ2) is 7.61. The maximum atomic E-state index is 11.9. The minimum absolute atomic E-state index is 0.00750. The van der Waals surface area contributed by atoms with Gasteiger partial charge in [-0.1, -0.05) is 30.4 Å². The number of hydrogen-bond acceptors (Lipinski definition) is 6. The highest BCUT2D eigenvalue weighted by Gasteiger charge is 2.08. The number of aromatic nitrogens is 3. The molecule has 0 spiro atoms. The van der Waals surface area contributed by atoms with Gasteiger partial charge in [0, 0.05) is 6.42 Å². The molecule has 0 saturated heterocycles. The van der Waals surface area contributed by atoms with Crippen LogP contribution in [-0.4, -0.2) is 21.1 Å². The molecule has 0 saturated carbocycles. The lowest BCUT2D eigenvalue weighted by molar-refractivity contribution is -0.116. The number of nitrogens with one attached hydrogen (secondary N) is 1. The van der Waals surface area contributed by atoms with Gasteiger partial charge in [-0.25, -0.2) is 4.98 Å². The summed E-state index contributed by atoms with van der Waals surface area (Å²) < 4.78 is 1.23. The van der Waals surface area contributed by atoms with Crippen LogP contribution >= 0.6 is 22.7 Å². The van der Waals surface area contributed by atoms with Crippen LogP contribution in [-0.2, 0) is 17.6 Å². The summed E-state index contributed by atoms with van der Waals surface area (Å²) in [5.74, 6) is 0.00750. The number of carbonyl (C=O) groups is 1. The molecule has 2 heterocycles. The van der Waals surface area contributed by atoms with Gasteiger partial charge in [0.25, 0.3) is 0 Å². The molecule has 1 aromatic carbocycles. The fraction of sp³-hybridized carbons (Fsp3) is 0.375. The summed E-state index contributed by atoms with van der Waals surface area (Å²) in [6, 6.07) is 8.17. The zero-order valence-electron chi connectivity index (χ0n) is 12.9. The lowest BCUT2D eigenvalue weighted by Gasteiger charge is -2.00. The molecule has 3 rings (SSSR count). The van der Waals surface area contributed by atoms with Crippen molar-refractivity contribution in [2.24, 2.45) is 0 Å². The highest BCUT2D eigenvalue weighted by molar-refractivity contribution is 7.18. The first kappa shape index (κ1) is 16.0. The van der Waals surface area contributed by atoms with Crippen molar-refractivity contribution in [3.8, 4) is 0 Å². The van der Waals surface area contributed by atoms with Gasteiger partial charge < -0.3 is 5.32 Å². The van der Waals surface area contributed by atoms with Crippen LogP contribution in [0.15, 0.2) is 24.3 Å². The molecule has 3 aromatic rings. The normalized spacial score (nSPS) is 11.0. The molecule has 1 N–H and O–H groups in total. The minimum Gasteiger partial charge on any atom is -0.301 e. The molecular formula is C16H18N4OS2. The molecule has 23 heavy (non-hydrogen) atoms. The molecule has 0 unspecified atom stereocenters. The zero-order chi connectivity index (χ0) is 16.1. The van der Waals surface area contributed by atoms with Gasteiger partial charge in [-0.3, -0.25) is 4.79 Å². The molecule has 5 nitrogen and oxygen atoms in total. The van der Waals surface area contributed by atoms with Crippen LogP contribution < -0.4 is 5.32 Å². The fourth-order valence-electron chi connectivity index (χ4n) is 2.22. The molecule has 1 amide bonds. The molecule has 0 fully saturated rings. The van der Waals surface area contributed by atoms with E-state index in [1.165, 1.54) is 16.0 Å². The number of hydrogen-bond donors (Lipinski definition) is 1. The maximum absolute atomic E-state index is 11.9. The lowest BCUT2D eigenvalue weighted by atomic mass is 10.2. The Bertz CT molecular complexity index is 763. The van der Waals surface area contributed by atoms with Crippen LogP contribution in [0.2, 0.25) is 0 Å². The van der Waals surface area contributed by atoms with Gasteiger partial charge in [-0.05, 0) is 37.8 Å². The molecule has 0 aliphatic rings. The Morgan fingerprint density at radius 3 is 2.78 bits per heavy atom. The van der Waals surface area contributed by atoms with Crippen molar-refractivity contribution in [1.29, 1.82) is 0 Å². The molecule has 120 valence electrons. The highest BCUT2D eigenvalue weighted by Crippen LogP contribution is 2.23. The first-order valence-corrected chi connectivity index (χ1v) is 9.34. The van der Waals surface area contributed by atoms with E-state index in [1.54, 1.807) is 11.3 Å². The number of nitrogens with zero attached hydrogens (tertiary/aromatic N) is 3. The van der Waals surface area contributed by atoms with E-state index in [1.807, 2.05) is 25.1 Å². The predicted molar refractivity (Wildman–Crippen MR) is 95.1 cm³/mol. The smallest absolute Gasteiger partial charge is 0.226 e. The second-order valence-electron chi connectivity index (χ2n) is 5.19. The average Bonchev–Trinajstić information content (AvgIpc) is 3.17. The second-order valence-corrected chi connectivity index (χ2v) is 7.36. The summed E-state index contributed by atoms with van der Waals surface area (Å²) in [5.41, 5.74) is 1.06. The third kappa shape index (κ3) is 4.33. The molecule has 0 bridgehead atoms. The molecular weight excluding hydrogens is 328 g/mol. The molecule has 0 aliphatic carbocycles. The molecule has 7 heteroatoms. The van der Waals surface area contributed by atoms with E-state index in [4.69, 9.17) is 0 Å². The molecule has 2 aromatic heterocycles. The number of aryl methyl sites for hydroxylation is 2. The van der Waals surface area contributed by atoms with Crippen molar-refractivity contribution in [2.45, 2.75) is 39.0 Å². The Morgan fingerprint density at radius 2 is 2.00 bits per heavy atom. The number of benzene rings is 1. The van der Waals surface area contributed by atoms with Crippen molar-refractivity contribution in [2.75, 3.05) is 5.32 Å². The third-order valence-corrected chi connectivity index (χ3v) is 5.48. The van der Waals surface area contributed by atoms with Gasteiger partial charge in [-0.2, -0.15) is 0 Å². The summed E-state index contributed by atoms with van der Waals surface area (Å²) in [4.78, 5) is 16.5. The van der Waals surface area contributed by atoms with Crippen molar-refractivity contribution in [3.63, 3.8) is 0 Å². The largest absolute Gasteiger partial charge is 0.301 e. The topological polar surface area (TPSA) is 67.8 Å². The summed E-state index contributed by atoms with van der Waals surface area (Å²) in [5, 5.41) is 13.4.